The first-order valence-electron chi connectivity index (χ1n) is 4.39. The standard InChI is InChI=1S/C9H17NO/c1-2-5-10-9-4-3-8(6-9)7-11/h3-4,8-11H,2,5-7H2,1H3. The van der Waals surface area contributed by atoms with Gasteiger partial charge in [0.1, 0.15) is 0 Å². The zero-order valence-electron chi connectivity index (χ0n) is 7.09. The van der Waals surface area contributed by atoms with Crippen LogP contribution in [0.3, 0.4) is 0 Å². The Balaban J connectivity index is 2.15. The Morgan fingerprint density at radius 1 is 1.55 bits per heavy atom. The molecule has 2 nitrogen and oxygen atoms in total. The van der Waals surface area contributed by atoms with Gasteiger partial charge in [-0.2, -0.15) is 0 Å². The van der Waals surface area contributed by atoms with E-state index >= 15 is 0 Å². The molecule has 0 aliphatic heterocycles. The summed E-state index contributed by atoms with van der Waals surface area (Å²) < 4.78 is 0. The highest BCUT2D eigenvalue weighted by Crippen LogP contribution is 2.16. The predicted octanol–water partition coefficient (Wildman–Crippen LogP) is 0.923. The summed E-state index contributed by atoms with van der Waals surface area (Å²) in [7, 11) is 0. The third kappa shape index (κ3) is 2.64. The van der Waals surface area contributed by atoms with E-state index in [9.17, 15) is 0 Å². The summed E-state index contributed by atoms with van der Waals surface area (Å²) in [5, 5.41) is 12.2. The third-order valence-electron chi connectivity index (χ3n) is 2.06. The van der Waals surface area contributed by atoms with Gasteiger partial charge in [0, 0.05) is 18.6 Å². The van der Waals surface area contributed by atoms with E-state index in [2.05, 4.69) is 24.4 Å². The molecular formula is C9H17NO. The lowest BCUT2D eigenvalue weighted by Gasteiger charge is -2.10. The van der Waals surface area contributed by atoms with E-state index in [4.69, 9.17) is 5.11 Å². The molecule has 1 aliphatic carbocycles. The summed E-state index contributed by atoms with van der Waals surface area (Å²) in [5.41, 5.74) is 0. The van der Waals surface area contributed by atoms with Crippen molar-refractivity contribution < 1.29 is 5.11 Å². The van der Waals surface area contributed by atoms with Crippen molar-refractivity contribution in [2.75, 3.05) is 13.2 Å². The minimum Gasteiger partial charge on any atom is -0.396 e. The Labute approximate surface area is 68.3 Å². The second-order valence-corrected chi connectivity index (χ2v) is 3.12. The zero-order valence-corrected chi connectivity index (χ0v) is 7.09. The number of aliphatic hydroxyl groups excluding tert-OH is 1. The first-order chi connectivity index (χ1) is 5.36. The van der Waals surface area contributed by atoms with Gasteiger partial charge in [0.2, 0.25) is 0 Å². The van der Waals surface area contributed by atoms with Crippen molar-refractivity contribution in [3.05, 3.63) is 12.2 Å². The molecule has 11 heavy (non-hydrogen) atoms. The molecule has 0 aromatic rings. The number of aliphatic hydroxyl groups is 1. The van der Waals surface area contributed by atoms with Crippen molar-refractivity contribution >= 4 is 0 Å². The average Bonchev–Trinajstić information content (AvgIpc) is 2.48. The Bertz CT molecular complexity index is 134. The predicted molar refractivity (Wildman–Crippen MR) is 46.4 cm³/mol. The number of rotatable bonds is 4. The van der Waals surface area contributed by atoms with Crippen molar-refractivity contribution in [3.63, 3.8) is 0 Å². The molecule has 2 unspecified atom stereocenters. The Kier molecular flexibility index (Phi) is 3.60. The smallest absolute Gasteiger partial charge is 0.0494 e. The van der Waals surface area contributed by atoms with Gasteiger partial charge < -0.3 is 10.4 Å². The molecular weight excluding hydrogens is 138 g/mol. The maximum absolute atomic E-state index is 8.83. The van der Waals surface area contributed by atoms with Crippen LogP contribution in [0, 0.1) is 5.92 Å². The highest BCUT2D eigenvalue weighted by molar-refractivity contribution is 5.05. The molecule has 0 amide bonds. The van der Waals surface area contributed by atoms with E-state index in [-0.39, 0.29) is 0 Å². The molecule has 0 aromatic carbocycles. The second-order valence-electron chi connectivity index (χ2n) is 3.12. The van der Waals surface area contributed by atoms with Crippen molar-refractivity contribution in [3.8, 4) is 0 Å². The second kappa shape index (κ2) is 4.52. The molecule has 0 saturated heterocycles. The molecule has 0 radical (unpaired) electrons. The first kappa shape index (κ1) is 8.75. The Hall–Kier alpha value is -0.340. The fraction of sp³-hybridized carbons (Fsp3) is 0.778. The van der Waals surface area contributed by atoms with Crippen LogP contribution in [0.25, 0.3) is 0 Å². The summed E-state index contributed by atoms with van der Waals surface area (Å²) in [4.78, 5) is 0. The summed E-state index contributed by atoms with van der Waals surface area (Å²) in [6.45, 7) is 3.53. The van der Waals surface area contributed by atoms with Gasteiger partial charge in [0.15, 0.2) is 0 Å². The van der Waals surface area contributed by atoms with Gasteiger partial charge in [-0.15, -0.1) is 0 Å². The highest BCUT2D eigenvalue weighted by atomic mass is 16.3. The van der Waals surface area contributed by atoms with Gasteiger partial charge in [-0.1, -0.05) is 19.1 Å². The molecule has 0 spiro atoms. The number of hydrogen-bond donors (Lipinski definition) is 2. The normalized spacial score (nSPS) is 29.6. The van der Waals surface area contributed by atoms with Crippen LogP contribution in [0.15, 0.2) is 12.2 Å². The fourth-order valence-electron chi connectivity index (χ4n) is 1.39. The molecule has 0 fully saturated rings. The monoisotopic (exact) mass is 155 g/mol. The van der Waals surface area contributed by atoms with E-state index in [1.807, 2.05) is 0 Å². The number of hydrogen-bond acceptors (Lipinski definition) is 2. The molecule has 1 aliphatic rings. The summed E-state index contributed by atoms with van der Waals surface area (Å²) >= 11 is 0. The molecule has 0 heterocycles. The molecule has 1 rings (SSSR count). The molecule has 2 atom stereocenters. The fourth-order valence-corrected chi connectivity index (χ4v) is 1.39. The SMILES string of the molecule is CCCNC1C=CC(CO)C1. The van der Waals surface area contributed by atoms with E-state index in [1.54, 1.807) is 0 Å². The third-order valence-corrected chi connectivity index (χ3v) is 2.06. The average molecular weight is 155 g/mol. The quantitative estimate of drug-likeness (QED) is 0.592. The Morgan fingerprint density at radius 2 is 2.36 bits per heavy atom. The van der Waals surface area contributed by atoms with Crippen LogP contribution >= 0.6 is 0 Å². The maximum atomic E-state index is 8.83. The maximum Gasteiger partial charge on any atom is 0.0494 e. The van der Waals surface area contributed by atoms with E-state index in [0.717, 1.165) is 13.0 Å². The topological polar surface area (TPSA) is 32.3 Å². The van der Waals surface area contributed by atoms with Crippen LogP contribution in [0.4, 0.5) is 0 Å². The molecule has 0 saturated carbocycles. The molecule has 0 bridgehead atoms. The van der Waals surface area contributed by atoms with Gasteiger partial charge in [-0.05, 0) is 19.4 Å². The number of nitrogens with one attached hydrogen (secondary N) is 1. The van der Waals surface area contributed by atoms with Gasteiger partial charge in [-0.3, -0.25) is 0 Å². The largest absolute Gasteiger partial charge is 0.396 e. The van der Waals surface area contributed by atoms with Crippen molar-refractivity contribution in [2.24, 2.45) is 5.92 Å². The van der Waals surface area contributed by atoms with Crippen LogP contribution < -0.4 is 5.32 Å². The minimum absolute atomic E-state index is 0.292. The molecule has 0 aromatic heterocycles. The van der Waals surface area contributed by atoms with Crippen LogP contribution in [0.1, 0.15) is 19.8 Å². The van der Waals surface area contributed by atoms with Crippen molar-refractivity contribution in [2.45, 2.75) is 25.8 Å². The highest BCUT2D eigenvalue weighted by Gasteiger charge is 2.16. The zero-order chi connectivity index (χ0) is 8.10. The van der Waals surface area contributed by atoms with Gasteiger partial charge >= 0.3 is 0 Å². The minimum atomic E-state index is 0.292. The van der Waals surface area contributed by atoms with Gasteiger partial charge in [0.05, 0.1) is 0 Å². The lowest BCUT2D eigenvalue weighted by Crippen LogP contribution is -2.27. The lowest BCUT2D eigenvalue weighted by molar-refractivity contribution is 0.246. The van der Waals surface area contributed by atoms with E-state index in [0.29, 0.717) is 18.6 Å². The van der Waals surface area contributed by atoms with Crippen LogP contribution in [-0.4, -0.2) is 24.3 Å². The first-order valence-corrected chi connectivity index (χ1v) is 4.39. The van der Waals surface area contributed by atoms with Gasteiger partial charge in [0.25, 0.3) is 0 Å². The van der Waals surface area contributed by atoms with Gasteiger partial charge in [-0.25, -0.2) is 0 Å². The Morgan fingerprint density at radius 3 is 2.91 bits per heavy atom. The van der Waals surface area contributed by atoms with E-state index < -0.39 is 0 Å². The lowest BCUT2D eigenvalue weighted by atomic mass is 10.1. The van der Waals surface area contributed by atoms with Crippen LogP contribution in [0.2, 0.25) is 0 Å². The van der Waals surface area contributed by atoms with E-state index in [1.165, 1.54) is 6.42 Å². The molecule has 2 heteroatoms. The summed E-state index contributed by atoms with van der Waals surface area (Å²) in [6.07, 6.45) is 6.51. The molecule has 64 valence electrons. The summed E-state index contributed by atoms with van der Waals surface area (Å²) in [5.74, 6) is 0.393. The van der Waals surface area contributed by atoms with Crippen LogP contribution in [-0.2, 0) is 0 Å². The summed E-state index contributed by atoms with van der Waals surface area (Å²) in [6, 6.07) is 0.507. The molecule has 2 N–H and O–H groups in total. The van der Waals surface area contributed by atoms with Crippen molar-refractivity contribution in [1.82, 2.24) is 5.32 Å². The van der Waals surface area contributed by atoms with Crippen molar-refractivity contribution in [1.29, 1.82) is 0 Å². The van der Waals surface area contributed by atoms with Crippen LogP contribution in [0.5, 0.6) is 0 Å².